The Morgan fingerprint density at radius 2 is 1.74 bits per heavy atom. The van der Waals surface area contributed by atoms with Gasteiger partial charge < -0.3 is 14.6 Å². The highest BCUT2D eigenvalue weighted by Crippen LogP contribution is 2.34. The van der Waals surface area contributed by atoms with Crippen molar-refractivity contribution < 1.29 is 29.4 Å². The number of carbonyl (C=O) groups excluding carboxylic acids is 2. The molecule has 0 unspecified atom stereocenters. The molecule has 0 bridgehead atoms. The monoisotopic (exact) mass is 638 g/mol. The maximum Gasteiger partial charge on any atom is 0.412 e. The molecule has 4 N–H and O–H groups in total. The van der Waals surface area contributed by atoms with Crippen LogP contribution in [0, 0.1) is 3.57 Å². The summed E-state index contributed by atoms with van der Waals surface area (Å²) in [6.07, 6.45) is -0.628. The summed E-state index contributed by atoms with van der Waals surface area (Å²) in [5.41, 5.74) is 2.27. The van der Waals surface area contributed by atoms with Gasteiger partial charge >= 0.3 is 6.09 Å². The zero-order valence-electron chi connectivity index (χ0n) is 17.5. The molecule has 2 atom stereocenters. The van der Waals surface area contributed by atoms with Crippen LogP contribution < -0.4 is 15.5 Å². The van der Waals surface area contributed by atoms with Gasteiger partial charge in [-0.3, -0.25) is 15.3 Å². The third-order valence-electron chi connectivity index (χ3n) is 4.48. The van der Waals surface area contributed by atoms with E-state index in [1.165, 1.54) is 17.6 Å². The first-order chi connectivity index (χ1) is 16.4. The molecular formula is C24H20BrIN2O6. The lowest BCUT2D eigenvalue weighted by Gasteiger charge is -2.27. The van der Waals surface area contributed by atoms with Crippen LogP contribution in [-0.2, 0) is 9.53 Å². The van der Waals surface area contributed by atoms with Crippen LogP contribution in [0.2, 0.25) is 0 Å². The summed E-state index contributed by atoms with van der Waals surface area (Å²) in [6.45, 7) is 0. The lowest BCUT2D eigenvalue weighted by atomic mass is 10.0. The highest BCUT2D eigenvalue weighted by Gasteiger charge is 2.30. The van der Waals surface area contributed by atoms with Gasteiger partial charge in [0.1, 0.15) is 11.5 Å². The number of benzene rings is 3. The van der Waals surface area contributed by atoms with E-state index in [1.807, 2.05) is 6.07 Å². The standard InChI is InChI=1S/C24H20BrIN2O6/c25-15-6-9-17(10-7-15)27-24(31)34-23(19-14-16(26)8-11-20(19)29)21(12-13-22(30)28-32)33-18-4-2-1-3-5-18/h1-14,21,23,29,32H,(H,27,31)(H,28,30)/b13-12+/t21-,23-/m0/s1. The number of para-hydroxylation sites is 1. The molecule has 10 heteroatoms. The smallest absolute Gasteiger partial charge is 0.412 e. The number of aromatic hydroxyl groups is 1. The lowest BCUT2D eigenvalue weighted by molar-refractivity contribution is -0.124. The molecule has 3 aromatic rings. The molecule has 8 nitrogen and oxygen atoms in total. The SMILES string of the molecule is O=C(/C=C/[C@H](Oc1ccccc1)[C@@H](OC(=O)Nc1ccc(Br)cc1)c1cc(I)ccc1O)NO. The summed E-state index contributed by atoms with van der Waals surface area (Å²) in [4.78, 5) is 24.5. The number of phenolic OH excluding ortho intramolecular Hbond substituents is 1. The van der Waals surface area contributed by atoms with Gasteiger partial charge in [0, 0.05) is 25.4 Å². The van der Waals surface area contributed by atoms with Gasteiger partial charge in [-0.25, -0.2) is 10.3 Å². The first-order valence-corrected chi connectivity index (χ1v) is 11.8. The topological polar surface area (TPSA) is 117 Å². The van der Waals surface area contributed by atoms with E-state index in [0.29, 0.717) is 11.4 Å². The average molecular weight is 639 g/mol. The summed E-state index contributed by atoms with van der Waals surface area (Å²) in [5.74, 6) is -0.483. The summed E-state index contributed by atoms with van der Waals surface area (Å²) >= 11 is 5.40. The molecule has 3 rings (SSSR count). The Hall–Kier alpha value is -3.09. The van der Waals surface area contributed by atoms with Crippen molar-refractivity contribution in [1.29, 1.82) is 0 Å². The number of carbonyl (C=O) groups is 2. The van der Waals surface area contributed by atoms with Crippen LogP contribution in [0.25, 0.3) is 0 Å². The van der Waals surface area contributed by atoms with Crippen LogP contribution in [0.4, 0.5) is 10.5 Å². The third-order valence-corrected chi connectivity index (χ3v) is 5.68. The summed E-state index contributed by atoms with van der Waals surface area (Å²) in [7, 11) is 0. The number of anilines is 1. The van der Waals surface area contributed by atoms with Gasteiger partial charge in [0.15, 0.2) is 12.2 Å². The average Bonchev–Trinajstić information content (AvgIpc) is 2.84. The normalized spacial score (nSPS) is 12.6. The number of hydrogen-bond acceptors (Lipinski definition) is 6. The van der Waals surface area contributed by atoms with E-state index in [9.17, 15) is 14.7 Å². The number of hydrogen-bond donors (Lipinski definition) is 4. The maximum atomic E-state index is 12.8. The van der Waals surface area contributed by atoms with Crippen molar-refractivity contribution >= 4 is 56.2 Å². The molecule has 3 aromatic carbocycles. The molecule has 176 valence electrons. The summed E-state index contributed by atoms with van der Waals surface area (Å²) in [6, 6.07) is 20.4. The van der Waals surface area contributed by atoms with E-state index in [4.69, 9.17) is 14.7 Å². The van der Waals surface area contributed by atoms with Crippen molar-refractivity contribution in [2.45, 2.75) is 12.2 Å². The van der Waals surface area contributed by atoms with Crippen LogP contribution in [0.15, 0.2) is 89.4 Å². The van der Waals surface area contributed by atoms with Gasteiger partial charge in [-0.1, -0.05) is 34.1 Å². The Balaban J connectivity index is 1.97. The molecule has 34 heavy (non-hydrogen) atoms. The van der Waals surface area contributed by atoms with Crippen LogP contribution in [-0.4, -0.2) is 28.4 Å². The number of ether oxygens (including phenoxy) is 2. The number of rotatable bonds is 8. The van der Waals surface area contributed by atoms with Crippen molar-refractivity contribution in [3.63, 3.8) is 0 Å². The second-order valence-electron chi connectivity index (χ2n) is 6.89. The molecule has 0 spiro atoms. The van der Waals surface area contributed by atoms with Crippen LogP contribution in [0.3, 0.4) is 0 Å². The Labute approximate surface area is 217 Å². The van der Waals surface area contributed by atoms with Gasteiger partial charge in [-0.15, -0.1) is 0 Å². The van der Waals surface area contributed by atoms with Gasteiger partial charge in [0.25, 0.3) is 5.91 Å². The quantitative estimate of drug-likeness (QED) is 0.111. The maximum absolute atomic E-state index is 12.8. The third kappa shape index (κ3) is 7.47. The summed E-state index contributed by atoms with van der Waals surface area (Å²) < 4.78 is 13.4. The Morgan fingerprint density at radius 1 is 1.03 bits per heavy atom. The Bertz CT molecular complexity index is 1160. The van der Waals surface area contributed by atoms with Crippen molar-refractivity contribution in [1.82, 2.24) is 5.48 Å². The Morgan fingerprint density at radius 3 is 2.41 bits per heavy atom. The van der Waals surface area contributed by atoms with E-state index in [1.54, 1.807) is 60.7 Å². The minimum Gasteiger partial charge on any atom is -0.508 e. The van der Waals surface area contributed by atoms with Gasteiger partial charge in [0.05, 0.1) is 0 Å². The van der Waals surface area contributed by atoms with Gasteiger partial charge in [-0.2, -0.15) is 0 Å². The number of nitrogens with one attached hydrogen (secondary N) is 2. The van der Waals surface area contributed by atoms with Crippen molar-refractivity contribution in [2.75, 3.05) is 5.32 Å². The van der Waals surface area contributed by atoms with Crippen molar-refractivity contribution in [3.05, 3.63) is 98.6 Å². The van der Waals surface area contributed by atoms with E-state index in [-0.39, 0.29) is 11.3 Å². The molecule has 0 saturated carbocycles. The zero-order chi connectivity index (χ0) is 24.5. The fourth-order valence-corrected chi connectivity index (χ4v) is 3.71. The molecule has 0 fully saturated rings. The number of halogens is 2. The predicted octanol–water partition coefficient (Wildman–Crippen LogP) is 5.56. The highest BCUT2D eigenvalue weighted by atomic mass is 127. The number of phenols is 1. The fourth-order valence-electron chi connectivity index (χ4n) is 2.93. The minimum absolute atomic E-state index is 0.122. The van der Waals surface area contributed by atoms with Crippen LogP contribution >= 0.6 is 38.5 Å². The summed E-state index contributed by atoms with van der Waals surface area (Å²) in [5, 5.41) is 22.1. The number of amides is 2. The molecule has 2 amide bonds. The largest absolute Gasteiger partial charge is 0.508 e. The molecular weight excluding hydrogens is 619 g/mol. The molecule has 0 aliphatic rings. The van der Waals surface area contributed by atoms with Gasteiger partial charge in [-0.05, 0) is 83.3 Å². The predicted molar refractivity (Wildman–Crippen MR) is 138 cm³/mol. The molecule has 0 aromatic heterocycles. The zero-order valence-corrected chi connectivity index (χ0v) is 21.3. The van der Waals surface area contributed by atoms with Crippen LogP contribution in [0.5, 0.6) is 11.5 Å². The fraction of sp³-hybridized carbons (Fsp3) is 0.0833. The van der Waals surface area contributed by atoms with Crippen molar-refractivity contribution in [2.24, 2.45) is 0 Å². The second-order valence-corrected chi connectivity index (χ2v) is 9.05. The first kappa shape index (κ1) is 25.5. The highest BCUT2D eigenvalue weighted by molar-refractivity contribution is 14.1. The lowest BCUT2D eigenvalue weighted by Crippen LogP contribution is -2.30. The molecule has 0 saturated heterocycles. The number of hydroxylamine groups is 1. The molecule has 0 aliphatic heterocycles. The van der Waals surface area contributed by atoms with E-state index >= 15 is 0 Å². The molecule has 0 heterocycles. The van der Waals surface area contributed by atoms with Gasteiger partial charge in [0.2, 0.25) is 0 Å². The van der Waals surface area contributed by atoms with Crippen LogP contribution in [0.1, 0.15) is 11.7 Å². The first-order valence-electron chi connectivity index (χ1n) is 9.91. The van der Waals surface area contributed by atoms with E-state index in [0.717, 1.165) is 14.1 Å². The van der Waals surface area contributed by atoms with E-state index in [2.05, 4.69) is 43.8 Å². The van der Waals surface area contributed by atoms with E-state index < -0.39 is 24.2 Å². The molecule has 0 aliphatic carbocycles. The minimum atomic E-state index is -1.16. The Kier molecular flexibility index (Phi) is 9.31. The molecule has 0 radical (unpaired) electrons. The van der Waals surface area contributed by atoms with Crippen molar-refractivity contribution in [3.8, 4) is 11.5 Å². The second kappa shape index (κ2) is 12.4.